The van der Waals surface area contributed by atoms with Crippen LogP contribution in [0.5, 0.6) is 0 Å². The summed E-state index contributed by atoms with van der Waals surface area (Å²) in [6.45, 7) is 0. The first kappa shape index (κ1) is 13.1. The van der Waals surface area contributed by atoms with Crippen molar-refractivity contribution in [2.75, 3.05) is 5.32 Å². The quantitative estimate of drug-likeness (QED) is 0.353. The van der Waals surface area contributed by atoms with E-state index in [0.717, 1.165) is 4.73 Å². The monoisotopic (exact) mass is 309 g/mol. The summed E-state index contributed by atoms with van der Waals surface area (Å²) in [4.78, 5) is 25.3. The maximum atomic E-state index is 11.9. The van der Waals surface area contributed by atoms with Crippen LogP contribution in [0.2, 0.25) is 0 Å². The first-order valence-corrected chi connectivity index (χ1v) is 6.72. The van der Waals surface area contributed by atoms with Crippen molar-refractivity contribution in [1.29, 1.82) is 5.41 Å². The lowest BCUT2D eigenvalue weighted by Crippen LogP contribution is -2.16. The number of H-pyrrole nitrogens is 2. The van der Waals surface area contributed by atoms with Crippen molar-refractivity contribution in [1.82, 2.24) is 24.7 Å². The van der Waals surface area contributed by atoms with Gasteiger partial charge < -0.3 is 15.5 Å². The van der Waals surface area contributed by atoms with Crippen LogP contribution in [0.25, 0.3) is 22.1 Å². The third-order valence-electron chi connectivity index (χ3n) is 3.49. The Hall–Kier alpha value is -3.62. The predicted octanol–water partition coefficient (Wildman–Crippen LogP) is 1.06. The molecule has 0 aliphatic carbocycles. The lowest BCUT2D eigenvalue weighted by molar-refractivity contribution is 0.198. The largest absolute Gasteiger partial charge is 0.428 e. The maximum absolute atomic E-state index is 11.9. The fourth-order valence-electron chi connectivity index (χ4n) is 2.41. The first-order valence-electron chi connectivity index (χ1n) is 6.72. The molecule has 0 amide bonds. The molecule has 4 aromatic rings. The molecule has 5 N–H and O–H groups in total. The summed E-state index contributed by atoms with van der Waals surface area (Å²) in [7, 11) is 0. The van der Waals surface area contributed by atoms with E-state index in [4.69, 9.17) is 5.41 Å². The van der Waals surface area contributed by atoms with Crippen LogP contribution in [0.1, 0.15) is 0 Å². The van der Waals surface area contributed by atoms with Crippen LogP contribution in [0.4, 0.5) is 11.6 Å². The van der Waals surface area contributed by atoms with Crippen molar-refractivity contribution < 1.29 is 5.21 Å². The summed E-state index contributed by atoms with van der Waals surface area (Å²) in [6.07, 6.45) is 2.73. The number of pyridine rings is 1. The van der Waals surface area contributed by atoms with Gasteiger partial charge in [0.2, 0.25) is 5.95 Å². The summed E-state index contributed by atoms with van der Waals surface area (Å²) in [5.41, 5.74) is 0.966. The molecular weight excluding hydrogens is 298 g/mol. The van der Waals surface area contributed by atoms with Gasteiger partial charge in [-0.3, -0.25) is 15.2 Å². The minimum absolute atomic E-state index is 0.137. The molecule has 114 valence electrons. The topological polar surface area (TPSA) is 135 Å². The average Bonchev–Trinajstić information content (AvgIpc) is 3.01. The highest BCUT2D eigenvalue weighted by molar-refractivity contribution is 5.82. The number of aromatic amines is 2. The summed E-state index contributed by atoms with van der Waals surface area (Å²) < 4.78 is 0.918. The molecule has 0 aliphatic heterocycles. The number of rotatable bonds is 2. The SMILES string of the molecule is N=c1c(Nc2nc3nc[nH]c3c(=O)[nH]2)cn(O)c2ccccc12. The van der Waals surface area contributed by atoms with Crippen LogP contribution in [-0.2, 0) is 0 Å². The molecule has 0 saturated heterocycles. The van der Waals surface area contributed by atoms with Crippen LogP contribution in [0.3, 0.4) is 0 Å². The van der Waals surface area contributed by atoms with Crippen molar-refractivity contribution in [3.05, 3.63) is 52.5 Å². The minimum Gasteiger partial charge on any atom is -0.428 e. The van der Waals surface area contributed by atoms with Crippen molar-refractivity contribution in [3.63, 3.8) is 0 Å². The second kappa shape index (κ2) is 4.70. The summed E-state index contributed by atoms with van der Waals surface area (Å²) in [5.74, 6) is 0.137. The van der Waals surface area contributed by atoms with E-state index >= 15 is 0 Å². The van der Waals surface area contributed by atoms with Gasteiger partial charge in [0.05, 0.1) is 29.1 Å². The number of para-hydroxylation sites is 1. The third-order valence-corrected chi connectivity index (χ3v) is 3.49. The van der Waals surface area contributed by atoms with E-state index in [1.807, 2.05) is 0 Å². The van der Waals surface area contributed by atoms with Gasteiger partial charge >= 0.3 is 0 Å². The highest BCUT2D eigenvalue weighted by Gasteiger charge is 2.09. The van der Waals surface area contributed by atoms with Crippen LogP contribution in [-0.4, -0.2) is 29.9 Å². The van der Waals surface area contributed by atoms with Crippen LogP contribution in [0, 0.1) is 5.41 Å². The smallest absolute Gasteiger partial charge is 0.278 e. The van der Waals surface area contributed by atoms with Gasteiger partial charge in [0.25, 0.3) is 5.56 Å². The van der Waals surface area contributed by atoms with Gasteiger partial charge in [-0.2, -0.15) is 9.71 Å². The Morgan fingerprint density at radius 3 is 3.00 bits per heavy atom. The Morgan fingerprint density at radius 2 is 2.13 bits per heavy atom. The van der Waals surface area contributed by atoms with Gasteiger partial charge in [-0.15, -0.1) is 0 Å². The zero-order chi connectivity index (χ0) is 16.0. The van der Waals surface area contributed by atoms with E-state index in [2.05, 4.69) is 25.3 Å². The van der Waals surface area contributed by atoms with Gasteiger partial charge in [0.1, 0.15) is 0 Å². The number of nitrogens with one attached hydrogen (secondary N) is 4. The van der Waals surface area contributed by atoms with Gasteiger partial charge in [-0.1, -0.05) is 18.2 Å². The molecule has 0 spiro atoms. The van der Waals surface area contributed by atoms with E-state index in [1.54, 1.807) is 24.3 Å². The van der Waals surface area contributed by atoms with E-state index < -0.39 is 0 Å². The Kier molecular flexibility index (Phi) is 2.67. The molecule has 9 nitrogen and oxygen atoms in total. The molecule has 0 radical (unpaired) electrons. The molecule has 0 bridgehead atoms. The van der Waals surface area contributed by atoms with Crippen LogP contribution >= 0.6 is 0 Å². The van der Waals surface area contributed by atoms with Crippen LogP contribution < -0.4 is 16.2 Å². The second-order valence-corrected chi connectivity index (χ2v) is 4.92. The van der Waals surface area contributed by atoms with E-state index in [9.17, 15) is 10.0 Å². The zero-order valence-corrected chi connectivity index (χ0v) is 11.7. The molecule has 0 fully saturated rings. The van der Waals surface area contributed by atoms with Crippen LogP contribution in [0.15, 0.2) is 41.6 Å². The van der Waals surface area contributed by atoms with E-state index in [-0.39, 0.29) is 28.0 Å². The number of fused-ring (bicyclic) bond motifs is 2. The van der Waals surface area contributed by atoms with E-state index in [0.29, 0.717) is 16.6 Å². The Labute approximate surface area is 127 Å². The Morgan fingerprint density at radius 1 is 1.30 bits per heavy atom. The van der Waals surface area contributed by atoms with Gasteiger partial charge in [0, 0.05) is 5.39 Å². The highest BCUT2D eigenvalue weighted by atomic mass is 16.5. The second-order valence-electron chi connectivity index (χ2n) is 4.92. The van der Waals surface area contributed by atoms with Crippen molar-refractivity contribution >= 4 is 33.7 Å². The predicted molar refractivity (Wildman–Crippen MR) is 82.8 cm³/mol. The molecule has 4 rings (SSSR count). The van der Waals surface area contributed by atoms with Crippen molar-refractivity contribution in [2.45, 2.75) is 0 Å². The average molecular weight is 309 g/mol. The summed E-state index contributed by atoms with van der Waals surface area (Å²) >= 11 is 0. The van der Waals surface area contributed by atoms with Crippen molar-refractivity contribution in [3.8, 4) is 0 Å². The molecule has 0 atom stereocenters. The zero-order valence-electron chi connectivity index (χ0n) is 11.7. The lowest BCUT2D eigenvalue weighted by atomic mass is 10.2. The molecule has 3 aromatic heterocycles. The minimum atomic E-state index is -0.376. The molecule has 23 heavy (non-hydrogen) atoms. The standard InChI is InChI=1S/C14H11N7O2/c15-10-7-3-1-2-4-9(7)21(23)5-8(10)18-14-19-12-11(13(22)20-14)16-6-17-12/h1-6,15,23H,(H3,16,17,18,19,20,22). The molecule has 0 aliphatic rings. The molecule has 0 saturated carbocycles. The highest BCUT2D eigenvalue weighted by Crippen LogP contribution is 2.15. The number of imidazole rings is 1. The van der Waals surface area contributed by atoms with Gasteiger partial charge in [0.15, 0.2) is 11.2 Å². The Balaban J connectivity index is 1.87. The van der Waals surface area contributed by atoms with Gasteiger partial charge in [-0.05, 0) is 6.07 Å². The number of anilines is 2. The van der Waals surface area contributed by atoms with Gasteiger partial charge in [-0.25, -0.2) is 4.98 Å². The van der Waals surface area contributed by atoms with Crippen molar-refractivity contribution in [2.24, 2.45) is 0 Å². The fraction of sp³-hybridized carbons (Fsp3) is 0. The summed E-state index contributed by atoms with van der Waals surface area (Å²) in [5, 5.41) is 21.8. The molecule has 0 unspecified atom stereocenters. The number of hydrogen-bond donors (Lipinski definition) is 5. The molecular formula is C14H11N7O2. The number of aromatic nitrogens is 5. The number of hydrogen-bond acceptors (Lipinski definition) is 6. The summed E-state index contributed by atoms with van der Waals surface area (Å²) in [6, 6.07) is 6.97. The Bertz CT molecular complexity index is 1160. The number of benzene rings is 1. The molecule has 1 aromatic carbocycles. The maximum Gasteiger partial charge on any atom is 0.278 e. The normalized spacial score (nSPS) is 11.1. The molecule has 9 heteroatoms. The first-order chi connectivity index (χ1) is 11.1. The molecule has 3 heterocycles. The van der Waals surface area contributed by atoms with E-state index in [1.165, 1.54) is 12.5 Å². The number of nitrogens with zero attached hydrogens (tertiary/aromatic N) is 3. The fourth-order valence-corrected chi connectivity index (χ4v) is 2.41. The third kappa shape index (κ3) is 2.02. The lowest BCUT2D eigenvalue weighted by Gasteiger charge is -2.10.